The summed E-state index contributed by atoms with van der Waals surface area (Å²) in [6, 6.07) is 9.00. The number of rotatable bonds is 0. The van der Waals surface area contributed by atoms with Crippen LogP contribution in [-0.4, -0.2) is 17.3 Å². The number of alkyl halides is 3. The minimum Gasteiger partial charge on any atom is -0.423 e. The van der Waals surface area contributed by atoms with Crippen molar-refractivity contribution in [2.24, 2.45) is 0 Å². The molecule has 2 aromatic carbocycles. The van der Waals surface area contributed by atoms with Gasteiger partial charge in [-0.25, -0.2) is 4.79 Å². The molecule has 0 spiro atoms. The molecule has 0 aromatic heterocycles. The fourth-order valence-electron chi connectivity index (χ4n) is 2.18. The summed E-state index contributed by atoms with van der Waals surface area (Å²) in [4.78, 5) is 11.5. The standard InChI is InChI=1S/C13H7F3O3/c14-13(15,16)12(18)9-6-5-7-3-1-2-4-8(7)10(9)19-11(12)17/h1-6,18H/t12-/m1/s1. The second-order valence-corrected chi connectivity index (χ2v) is 4.26. The highest BCUT2D eigenvalue weighted by molar-refractivity contribution is 5.99. The molecule has 1 aliphatic rings. The lowest BCUT2D eigenvalue weighted by Crippen LogP contribution is -2.47. The SMILES string of the molecule is O=C1Oc2c(ccc3ccccc23)[C@]1(O)C(F)(F)F. The van der Waals surface area contributed by atoms with Gasteiger partial charge in [0.15, 0.2) is 0 Å². The van der Waals surface area contributed by atoms with E-state index < -0.39 is 23.3 Å². The number of hydrogen-bond acceptors (Lipinski definition) is 3. The quantitative estimate of drug-likeness (QED) is 0.590. The number of benzene rings is 2. The smallest absolute Gasteiger partial charge is 0.423 e. The molecule has 0 amide bonds. The fourth-order valence-corrected chi connectivity index (χ4v) is 2.18. The minimum atomic E-state index is -5.13. The molecule has 0 bridgehead atoms. The van der Waals surface area contributed by atoms with E-state index in [9.17, 15) is 23.1 Å². The lowest BCUT2D eigenvalue weighted by Gasteiger charge is -2.22. The molecular formula is C13H7F3O3. The molecule has 3 rings (SSSR count). The van der Waals surface area contributed by atoms with Gasteiger partial charge in [-0.1, -0.05) is 36.4 Å². The maximum atomic E-state index is 12.9. The third kappa shape index (κ3) is 1.40. The van der Waals surface area contributed by atoms with Crippen LogP contribution in [0.5, 0.6) is 5.75 Å². The zero-order valence-corrected chi connectivity index (χ0v) is 9.36. The summed E-state index contributed by atoms with van der Waals surface area (Å²) in [5.74, 6) is -1.95. The van der Waals surface area contributed by atoms with E-state index in [1.54, 1.807) is 18.2 Å². The molecule has 98 valence electrons. The number of hydrogen-bond donors (Lipinski definition) is 1. The Morgan fingerprint density at radius 1 is 1.11 bits per heavy atom. The van der Waals surface area contributed by atoms with E-state index in [4.69, 9.17) is 0 Å². The van der Waals surface area contributed by atoms with Crippen molar-refractivity contribution in [3.05, 3.63) is 42.0 Å². The Kier molecular flexibility index (Phi) is 2.19. The molecule has 3 nitrogen and oxygen atoms in total. The Morgan fingerprint density at radius 2 is 1.79 bits per heavy atom. The van der Waals surface area contributed by atoms with Crippen LogP contribution in [0.25, 0.3) is 10.8 Å². The first-order valence-electron chi connectivity index (χ1n) is 5.39. The van der Waals surface area contributed by atoms with Crippen LogP contribution < -0.4 is 4.74 Å². The normalized spacial score (nSPS) is 22.4. The van der Waals surface area contributed by atoms with E-state index in [1.807, 2.05) is 0 Å². The average Bonchev–Trinajstić information content (AvgIpc) is 2.63. The second-order valence-electron chi connectivity index (χ2n) is 4.26. The van der Waals surface area contributed by atoms with Gasteiger partial charge in [0.1, 0.15) is 5.75 Å². The Labute approximate surface area is 105 Å². The molecule has 1 N–H and O–H groups in total. The highest BCUT2D eigenvalue weighted by atomic mass is 19.4. The van der Waals surface area contributed by atoms with Crippen LogP contribution in [0.3, 0.4) is 0 Å². The van der Waals surface area contributed by atoms with Crippen LogP contribution in [0.15, 0.2) is 36.4 Å². The van der Waals surface area contributed by atoms with Crippen molar-refractivity contribution in [1.82, 2.24) is 0 Å². The minimum absolute atomic E-state index is 0.233. The first-order valence-corrected chi connectivity index (χ1v) is 5.39. The highest BCUT2D eigenvalue weighted by Gasteiger charge is 2.66. The fraction of sp³-hybridized carbons (Fsp3) is 0.154. The van der Waals surface area contributed by atoms with E-state index in [2.05, 4.69) is 4.74 Å². The molecular weight excluding hydrogens is 261 g/mol. The number of carbonyl (C=O) groups excluding carboxylic acids is 1. The first kappa shape index (κ1) is 12.0. The molecule has 0 aliphatic carbocycles. The topological polar surface area (TPSA) is 46.5 Å². The van der Waals surface area contributed by atoms with Gasteiger partial charge in [0.2, 0.25) is 0 Å². The van der Waals surface area contributed by atoms with Gasteiger partial charge in [-0.2, -0.15) is 13.2 Å². The van der Waals surface area contributed by atoms with Crippen molar-refractivity contribution in [3.8, 4) is 5.75 Å². The largest absolute Gasteiger partial charge is 0.432 e. The third-order valence-corrected chi connectivity index (χ3v) is 3.17. The molecule has 19 heavy (non-hydrogen) atoms. The van der Waals surface area contributed by atoms with Gasteiger partial charge in [-0.05, 0) is 5.39 Å². The number of aliphatic hydroxyl groups is 1. The van der Waals surface area contributed by atoms with Crippen LogP contribution in [-0.2, 0) is 10.4 Å². The number of esters is 1. The van der Waals surface area contributed by atoms with Gasteiger partial charge in [-0.3, -0.25) is 0 Å². The maximum absolute atomic E-state index is 12.9. The monoisotopic (exact) mass is 268 g/mol. The summed E-state index contributed by atoms with van der Waals surface area (Å²) in [5.41, 5.74) is -4.16. The van der Waals surface area contributed by atoms with Gasteiger partial charge >= 0.3 is 12.1 Å². The number of fused-ring (bicyclic) bond motifs is 3. The number of ether oxygens (including phenoxy) is 1. The van der Waals surface area contributed by atoms with Crippen LogP contribution in [0.1, 0.15) is 5.56 Å². The molecule has 6 heteroatoms. The van der Waals surface area contributed by atoms with Crippen LogP contribution >= 0.6 is 0 Å². The second kappa shape index (κ2) is 3.48. The van der Waals surface area contributed by atoms with Gasteiger partial charge in [0.25, 0.3) is 5.60 Å². The van der Waals surface area contributed by atoms with Gasteiger partial charge in [0, 0.05) is 10.9 Å². The molecule has 1 aliphatic heterocycles. The zero-order valence-electron chi connectivity index (χ0n) is 9.36. The molecule has 2 aromatic rings. The maximum Gasteiger partial charge on any atom is 0.432 e. The van der Waals surface area contributed by atoms with Crippen LogP contribution in [0, 0.1) is 0 Å². The van der Waals surface area contributed by atoms with Crippen LogP contribution in [0.2, 0.25) is 0 Å². The molecule has 0 saturated heterocycles. The zero-order chi connectivity index (χ0) is 13.8. The van der Waals surface area contributed by atoms with Crippen molar-refractivity contribution in [2.45, 2.75) is 11.8 Å². The Bertz CT molecular complexity index is 693. The Morgan fingerprint density at radius 3 is 2.47 bits per heavy atom. The first-order chi connectivity index (χ1) is 8.85. The lowest BCUT2D eigenvalue weighted by atomic mass is 9.92. The number of carbonyl (C=O) groups is 1. The van der Waals surface area contributed by atoms with Crippen molar-refractivity contribution < 1.29 is 27.8 Å². The van der Waals surface area contributed by atoms with Crippen molar-refractivity contribution in [2.75, 3.05) is 0 Å². The molecule has 1 atom stereocenters. The average molecular weight is 268 g/mol. The predicted octanol–water partition coefficient (Wildman–Crippen LogP) is 2.51. The number of halogens is 3. The van der Waals surface area contributed by atoms with E-state index in [-0.39, 0.29) is 5.75 Å². The third-order valence-electron chi connectivity index (χ3n) is 3.17. The van der Waals surface area contributed by atoms with Gasteiger partial charge < -0.3 is 9.84 Å². The Balaban J connectivity index is 2.35. The van der Waals surface area contributed by atoms with Crippen molar-refractivity contribution >= 4 is 16.7 Å². The van der Waals surface area contributed by atoms with E-state index >= 15 is 0 Å². The summed E-state index contributed by atoms with van der Waals surface area (Å²) in [7, 11) is 0. The summed E-state index contributed by atoms with van der Waals surface area (Å²) >= 11 is 0. The summed E-state index contributed by atoms with van der Waals surface area (Å²) in [6.45, 7) is 0. The van der Waals surface area contributed by atoms with E-state index in [1.165, 1.54) is 12.1 Å². The van der Waals surface area contributed by atoms with E-state index in [0.717, 1.165) is 6.07 Å². The molecule has 0 unspecified atom stereocenters. The van der Waals surface area contributed by atoms with Gasteiger partial charge in [-0.15, -0.1) is 0 Å². The predicted molar refractivity (Wildman–Crippen MR) is 59.5 cm³/mol. The Hall–Kier alpha value is -2.08. The van der Waals surface area contributed by atoms with Crippen molar-refractivity contribution in [1.29, 1.82) is 0 Å². The molecule has 0 saturated carbocycles. The molecule has 0 fully saturated rings. The van der Waals surface area contributed by atoms with E-state index in [0.29, 0.717) is 10.8 Å². The summed E-state index contributed by atoms with van der Waals surface area (Å²) < 4.78 is 43.4. The highest BCUT2D eigenvalue weighted by Crippen LogP contribution is 2.50. The van der Waals surface area contributed by atoms with Crippen LogP contribution in [0.4, 0.5) is 13.2 Å². The summed E-state index contributed by atoms with van der Waals surface area (Å²) in [6.07, 6.45) is -5.13. The lowest BCUT2D eigenvalue weighted by molar-refractivity contribution is -0.258. The molecule has 1 heterocycles. The summed E-state index contributed by atoms with van der Waals surface area (Å²) in [5, 5.41) is 10.7. The molecule has 0 radical (unpaired) electrons. The van der Waals surface area contributed by atoms with Crippen molar-refractivity contribution in [3.63, 3.8) is 0 Å². The van der Waals surface area contributed by atoms with Gasteiger partial charge in [0.05, 0.1) is 0 Å².